The highest BCUT2D eigenvalue weighted by molar-refractivity contribution is 6.04. The number of methoxy groups -OCH3 is 1. The number of amides is 1. The average Bonchev–Trinajstić information content (AvgIpc) is 3.41. The van der Waals surface area contributed by atoms with Crippen LogP contribution in [0.4, 0.5) is 5.69 Å². The van der Waals surface area contributed by atoms with Crippen molar-refractivity contribution in [2.24, 2.45) is 0 Å². The lowest BCUT2D eigenvalue weighted by atomic mass is 10.1. The van der Waals surface area contributed by atoms with E-state index in [1.807, 2.05) is 57.2 Å². The van der Waals surface area contributed by atoms with Gasteiger partial charge >= 0.3 is 5.97 Å². The smallest absolute Gasteiger partial charge is 0.338 e. The number of anilines is 1. The Hall–Kier alpha value is -4.20. The van der Waals surface area contributed by atoms with Crippen LogP contribution in [0.15, 0.2) is 54.6 Å². The molecule has 4 aromatic rings. The number of esters is 1. The zero-order valence-electron chi connectivity index (χ0n) is 19.0. The van der Waals surface area contributed by atoms with Crippen molar-refractivity contribution >= 4 is 17.6 Å². The molecule has 8 nitrogen and oxygen atoms in total. The maximum atomic E-state index is 12.9. The van der Waals surface area contributed by atoms with Crippen LogP contribution < -0.4 is 5.32 Å². The van der Waals surface area contributed by atoms with Crippen LogP contribution in [-0.2, 0) is 11.3 Å². The number of hydrogen-bond acceptors (Lipinski definition) is 5. The Morgan fingerprint density at radius 1 is 1.06 bits per heavy atom. The topological polar surface area (TPSA) is 102 Å². The number of carbonyl (C=O) groups is 2. The molecule has 0 saturated carbocycles. The summed E-state index contributed by atoms with van der Waals surface area (Å²) in [7, 11) is 1.36. The Morgan fingerprint density at radius 2 is 1.79 bits per heavy atom. The number of ether oxygens (including phenoxy) is 1. The average molecular weight is 444 g/mol. The predicted molar refractivity (Wildman–Crippen MR) is 125 cm³/mol. The van der Waals surface area contributed by atoms with Crippen molar-refractivity contribution in [3.05, 3.63) is 88.4 Å². The minimum atomic E-state index is -0.399. The van der Waals surface area contributed by atoms with E-state index in [0.717, 1.165) is 22.4 Å². The summed E-state index contributed by atoms with van der Waals surface area (Å²) in [6, 6.07) is 16.9. The zero-order valence-corrected chi connectivity index (χ0v) is 19.0. The number of carbonyl (C=O) groups excluding carboxylic acids is 2. The van der Waals surface area contributed by atoms with Crippen molar-refractivity contribution in [3.8, 4) is 11.3 Å². The maximum absolute atomic E-state index is 12.9. The van der Waals surface area contributed by atoms with Crippen LogP contribution in [0.3, 0.4) is 0 Å². The number of aromatic amines is 1. The van der Waals surface area contributed by atoms with Crippen LogP contribution in [0.2, 0.25) is 0 Å². The molecule has 2 aromatic heterocycles. The largest absolute Gasteiger partial charge is 0.465 e. The van der Waals surface area contributed by atoms with E-state index in [0.29, 0.717) is 34.9 Å². The third-order valence-electron chi connectivity index (χ3n) is 5.53. The van der Waals surface area contributed by atoms with Crippen molar-refractivity contribution in [3.63, 3.8) is 0 Å². The van der Waals surface area contributed by atoms with Crippen molar-refractivity contribution in [2.75, 3.05) is 12.4 Å². The predicted octanol–water partition coefficient (Wildman–Crippen LogP) is 4.29. The number of aryl methyl sites for hydroxylation is 2. The summed E-state index contributed by atoms with van der Waals surface area (Å²) in [5, 5.41) is 14.6. The molecule has 0 aliphatic carbocycles. The first kappa shape index (κ1) is 22.0. The number of rotatable bonds is 6. The van der Waals surface area contributed by atoms with E-state index in [4.69, 9.17) is 4.74 Å². The van der Waals surface area contributed by atoms with Crippen molar-refractivity contribution in [1.29, 1.82) is 0 Å². The fourth-order valence-corrected chi connectivity index (χ4v) is 3.65. The summed E-state index contributed by atoms with van der Waals surface area (Å²) in [5.74, 6) is -0.703. The summed E-state index contributed by atoms with van der Waals surface area (Å²) in [6.45, 7) is 6.10. The third-order valence-corrected chi connectivity index (χ3v) is 5.53. The number of hydrogen-bond donors (Lipinski definition) is 2. The molecule has 0 bridgehead atoms. The molecule has 33 heavy (non-hydrogen) atoms. The first-order valence-electron chi connectivity index (χ1n) is 10.5. The molecule has 0 spiro atoms. The highest BCUT2D eigenvalue weighted by Gasteiger charge is 2.19. The van der Waals surface area contributed by atoms with Gasteiger partial charge in [0.25, 0.3) is 5.91 Å². The van der Waals surface area contributed by atoms with Gasteiger partial charge in [0.05, 0.1) is 42.0 Å². The fourth-order valence-electron chi connectivity index (χ4n) is 3.65. The van der Waals surface area contributed by atoms with Gasteiger partial charge < -0.3 is 10.1 Å². The highest BCUT2D eigenvalue weighted by atomic mass is 16.5. The number of nitrogens with one attached hydrogen (secondary N) is 2. The van der Waals surface area contributed by atoms with Gasteiger partial charge in [0, 0.05) is 5.56 Å². The van der Waals surface area contributed by atoms with Gasteiger partial charge in [-0.1, -0.05) is 48.0 Å². The third kappa shape index (κ3) is 4.55. The molecule has 168 valence electrons. The molecule has 2 N–H and O–H groups in total. The monoisotopic (exact) mass is 443 g/mol. The van der Waals surface area contributed by atoms with Crippen molar-refractivity contribution < 1.29 is 14.3 Å². The lowest BCUT2D eigenvalue weighted by Gasteiger charge is -2.10. The molecule has 2 aromatic carbocycles. The molecule has 0 aliphatic rings. The second-order valence-corrected chi connectivity index (χ2v) is 7.84. The summed E-state index contributed by atoms with van der Waals surface area (Å²) in [4.78, 5) is 25.0. The van der Waals surface area contributed by atoms with Crippen LogP contribution in [0, 0.1) is 20.8 Å². The summed E-state index contributed by atoms with van der Waals surface area (Å²) in [5.41, 5.74) is 6.49. The van der Waals surface area contributed by atoms with Gasteiger partial charge in [-0.2, -0.15) is 10.2 Å². The van der Waals surface area contributed by atoms with E-state index >= 15 is 0 Å². The standard InChI is InChI=1S/C25H25N5O3/c1-15-9-11-18(12-10-15)21-13-22(28-27-21)24(31)26-23-16(2)29-30(17(23)3)14-19-7-5-6-8-20(19)25(32)33-4/h5-13H,14H2,1-4H3,(H,26,31)(H,27,28). The number of aromatic nitrogens is 4. The quantitative estimate of drug-likeness (QED) is 0.433. The minimum absolute atomic E-state index is 0.304. The van der Waals surface area contributed by atoms with Gasteiger partial charge in [-0.05, 0) is 38.5 Å². The van der Waals surface area contributed by atoms with Gasteiger partial charge in [0.15, 0.2) is 0 Å². The van der Waals surface area contributed by atoms with Gasteiger partial charge in [-0.25, -0.2) is 4.79 Å². The van der Waals surface area contributed by atoms with Gasteiger partial charge in [0.1, 0.15) is 5.69 Å². The number of benzene rings is 2. The molecule has 0 unspecified atom stereocenters. The van der Waals surface area contributed by atoms with E-state index in [-0.39, 0.29) is 5.91 Å². The Balaban J connectivity index is 1.54. The SMILES string of the molecule is COC(=O)c1ccccc1Cn1nc(C)c(NC(=O)c2cc(-c3ccc(C)cc3)n[nH]2)c1C. The van der Waals surface area contributed by atoms with Crippen LogP contribution in [0.5, 0.6) is 0 Å². The van der Waals surface area contributed by atoms with Crippen LogP contribution in [-0.4, -0.2) is 39.0 Å². The molecule has 0 fully saturated rings. The van der Waals surface area contributed by atoms with E-state index in [1.165, 1.54) is 7.11 Å². The molecule has 1 amide bonds. The van der Waals surface area contributed by atoms with E-state index in [2.05, 4.69) is 20.6 Å². The molecule has 0 saturated heterocycles. The molecular weight excluding hydrogens is 418 g/mol. The van der Waals surface area contributed by atoms with E-state index in [9.17, 15) is 9.59 Å². The Morgan fingerprint density at radius 3 is 2.52 bits per heavy atom. The second-order valence-electron chi connectivity index (χ2n) is 7.84. The summed E-state index contributed by atoms with van der Waals surface area (Å²) >= 11 is 0. The van der Waals surface area contributed by atoms with Crippen molar-refractivity contribution in [1.82, 2.24) is 20.0 Å². The first-order valence-corrected chi connectivity index (χ1v) is 10.5. The number of nitrogens with zero attached hydrogens (tertiary/aromatic N) is 3. The van der Waals surface area contributed by atoms with Crippen LogP contribution in [0.1, 0.15) is 43.4 Å². The van der Waals surface area contributed by atoms with Crippen molar-refractivity contribution in [2.45, 2.75) is 27.3 Å². The van der Waals surface area contributed by atoms with Gasteiger partial charge in [-0.15, -0.1) is 0 Å². The summed E-state index contributed by atoms with van der Waals surface area (Å²) in [6.07, 6.45) is 0. The normalized spacial score (nSPS) is 10.8. The molecule has 8 heteroatoms. The molecule has 0 atom stereocenters. The molecule has 0 radical (unpaired) electrons. The first-order chi connectivity index (χ1) is 15.9. The highest BCUT2D eigenvalue weighted by Crippen LogP contribution is 2.23. The van der Waals surface area contributed by atoms with Gasteiger partial charge in [-0.3, -0.25) is 14.6 Å². The Labute approximate surface area is 191 Å². The fraction of sp³-hybridized carbons (Fsp3) is 0.200. The lowest BCUT2D eigenvalue weighted by Crippen LogP contribution is -2.14. The Bertz CT molecular complexity index is 1320. The zero-order chi connectivity index (χ0) is 23.5. The molecule has 0 aliphatic heterocycles. The van der Waals surface area contributed by atoms with E-state index in [1.54, 1.807) is 22.9 Å². The molecule has 4 rings (SSSR count). The van der Waals surface area contributed by atoms with Crippen LogP contribution in [0.25, 0.3) is 11.3 Å². The lowest BCUT2D eigenvalue weighted by molar-refractivity contribution is 0.0599. The number of H-pyrrole nitrogens is 1. The minimum Gasteiger partial charge on any atom is -0.465 e. The maximum Gasteiger partial charge on any atom is 0.338 e. The second kappa shape index (κ2) is 9.12. The van der Waals surface area contributed by atoms with Crippen LogP contribution >= 0.6 is 0 Å². The van der Waals surface area contributed by atoms with Gasteiger partial charge in [0.2, 0.25) is 0 Å². The molecule has 2 heterocycles. The molecular formula is C25H25N5O3. The van der Waals surface area contributed by atoms with E-state index < -0.39 is 5.97 Å². The Kier molecular flexibility index (Phi) is 6.08. The summed E-state index contributed by atoms with van der Waals surface area (Å²) < 4.78 is 6.64.